The number of carbonyl (C=O) groups excluding carboxylic acids is 2. The van der Waals surface area contributed by atoms with Gasteiger partial charge in [0.25, 0.3) is 0 Å². The Bertz CT molecular complexity index is 454. The maximum atomic E-state index is 12.1. The molecule has 0 aliphatic heterocycles. The van der Waals surface area contributed by atoms with Crippen LogP contribution in [0.2, 0.25) is 0 Å². The molecule has 0 aliphatic carbocycles. The normalized spacial score (nSPS) is 10.9. The molecule has 0 saturated carbocycles. The lowest BCUT2D eigenvalue weighted by Crippen LogP contribution is -2.17. The fourth-order valence-electron chi connectivity index (χ4n) is 1.31. The molecule has 0 saturated heterocycles. The molecule has 0 unspecified atom stereocenters. The van der Waals surface area contributed by atoms with Gasteiger partial charge < -0.3 is 9.47 Å². The molecule has 1 aromatic rings. The van der Waals surface area contributed by atoms with Gasteiger partial charge >= 0.3 is 6.36 Å². The molecule has 18 heavy (non-hydrogen) atoms. The number of alkyl halides is 3. The zero-order valence-corrected chi connectivity index (χ0v) is 9.28. The van der Waals surface area contributed by atoms with Crippen molar-refractivity contribution in [3.05, 3.63) is 23.3 Å². The Hall–Kier alpha value is -2.05. The van der Waals surface area contributed by atoms with Gasteiger partial charge in [0, 0.05) is 11.6 Å². The zero-order chi connectivity index (χ0) is 13.8. The third kappa shape index (κ3) is 3.47. The Morgan fingerprint density at radius 2 is 1.89 bits per heavy atom. The molecule has 0 aromatic heterocycles. The van der Waals surface area contributed by atoms with Crippen LogP contribution in [0.25, 0.3) is 0 Å². The molecule has 0 bridgehead atoms. The van der Waals surface area contributed by atoms with Crippen molar-refractivity contribution in [2.75, 3.05) is 6.61 Å². The Morgan fingerprint density at radius 3 is 2.33 bits per heavy atom. The highest BCUT2D eigenvalue weighted by Gasteiger charge is 2.31. The van der Waals surface area contributed by atoms with Gasteiger partial charge in [0.2, 0.25) is 0 Å². The Labute approximate surface area is 100 Å². The first kappa shape index (κ1) is 14.0. The minimum absolute atomic E-state index is 0.110. The number of ether oxygens (including phenoxy) is 2. The van der Waals surface area contributed by atoms with Crippen LogP contribution in [0.1, 0.15) is 27.6 Å². The highest BCUT2D eigenvalue weighted by atomic mass is 19.4. The smallest absolute Gasteiger partial charge is 0.493 e. The monoisotopic (exact) mass is 262 g/mol. The van der Waals surface area contributed by atoms with E-state index >= 15 is 0 Å². The van der Waals surface area contributed by atoms with E-state index in [9.17, 15) is 22.8 Å². The van der Waals surface area contributed by atoms with Crippen LogP contribution in [0.3, 0.4) is 0 Å². The largest absolute Gasteiger partial charge is 0.573 e. The lowest BCUT2D eigenvalue weighted by atomic mass is 10.1. The molecule has 0 radical (unpaired) electrons. The Kier molecular flexibility index (Phi) is 4.30. The Morgan fingerprint density at radius 1 is 1.22 bits per heavy atom. The summed E-state index contributed by atoms with van der Waals surface area (Å²) < 4.78 is 44.8. The third-order valence-electron chi connectivity index (χ3n) is 1.93. The summed E-state index contributed by atoms with van der Waals surface area (Å²) >= 11 is 0. The van der Waals surface area contributed by atoms with Crippen LogP contribution in [0, 0.1) is 0 Å². The number of hydrogen-bond donors (Lipinski definition) is 0. The number of carbonyl (C=O) groups is 2. The number of rotatable bonds is 5. The van der Waals surface area contributed by atoms with Gasteiger partial charge in [-0.2, -0.15) is 0 Å². The van der Waals surface area contributed by atoms with Crippen molar-refractivity contribution in [2.24, 2.45) is 0 Å². The molecule has 0 fully saturated rings. The van der Waals surface area contributed by atoms with E-state index in [1.54, 1.807) is 6.92 Å². The number of benzene rings is 1. The van der Waals surface area contributed by atoms with Crippen LogP contribution in [-0.4, -0.2) is 25.5 Å². The standard InChI is InChI=1S/C11H9F3O4/c1-2-17-10-4-8(18-11(12,13)14)3-7(5-15)9(10)6-16/h3-6H,2H2,1H3. The van der Waals surface area contributed by atoms with Crippen LogP contribution in [0.15, 0.2) is 12.1 Å². The third-order valence-corrected chi connectivity index (χ3v) is 1.93. The number of aldehydes is 2. The van der Waals surface area contributed by atoms with E-state index in [1.807, 2.05) is 0 Å². The number of halogens is 3. The molecule has 0 amide bonds. The first-order chi connectivity index (χ1) is 8.41. The van der Waals surface area contributed by atoms with Crippen molar-refractivity contribution < 1.29 is 32.2 Å². The van der Waals surface area contributed by atoms with Crippen LogP contribution in [-0.2, 0) is 0 Å². The topological polar surface area (TPSA) is 52.6 Å². The first-order valence-corrected chi connectivity index (χ1v) is 4.88. The quantitative estimate of drug-likeness (QED) is 0.765. The summed E-state index contributed by atoms with van der Waals surface area (Å²) in [4.78, 5) is 21.5. The molecule has 0 N–H and O–H groups in total. The van der Waals surface area contributed by atoms with Crippen LogP contribution in [0.5, 0.6) is 11.5 Å². The van der Waals surface area contributed by atoms with Gasteiger partial charge in [0.05, 0.1) is 12.2 Å². The maximum absolute atomic E-state index is 12.1. The van der Waals surface area contributed by atoms with E-state index in [0.717, 1.165) is 12.1 Å². The SMILES string of the molecule is CCOc1cc(OC(F)(F)F)cc(C=O)c1C=O. The molecule has 0 atom stereocenters. The van der Waals surface area contributed by atoms with E-state index in [-0.39, 0.29) is 29.8 Å². The second kappa shape index (κ2) is 5.52. The van der Waals surface area contributed by atoms with Crippen molar-refractivity contribution in [3.8, 4) is 11.5 Å². The van der Waals surface area contributed by atoms with Crippen LogP contribution in [0.4, 0.5) is 13.2 Å². The van der Waals surface area contributed by atoms with Gasteiger partial charge in [-0.05, 0) is 13.0 Å². The summed E-state index contributed by atoms with van der Waals surface area (Å²) in [6.07, 6.45) is -4.28. The molecular weight excluding hydrogens is 253 g/mol. The van der Waals surface area contributed by atoms with E-state index in [2.05, 4.69) is 4.74 Å². The summed E-state index contributed by atoms with van der Waals surface area (Å²) in [6.45, 7) is 1.72. The van der Waals surface area contributed by atoms with Crippen molar-refractivity contribution >= 4 is 12.6 Å². The van der Waals surface area contributed by atoms with Gasteiger partial charge in [-0.25, -0.2) is 0 Å². The van der Waals surface area contributed by atoms with Crippen molar-refractivity contribution in [1.82, 2.24) is 0 Å². The van der Waals surface area contributed by atoms with Crippen LogP contribution < -0.4 is 9.47 Å². The van der Waals surface area contributed by atoms with E-state index in [0.29, 0.717) is 6.29 Å². The molecule has 0 aliphatic rings. The summed E-state index contributed by atoms with van der Waals surface area (Å²) in [7, 11) is 0. The second-order valence-electron chi connectivity index (χ2n) is 3.14. The molecule has 0 spiro atoms. The maximum Gasteiger partial charge on any atom is 0.573 e. The second-order valence-corrected chi connectivity index (χ2v) is 3.14. The summed E-state index contributed by atoms with van der Waals surface area (Å²) in [5, 5.41) is 0. The molecule has 0 heterocycles. The molecule has 1 rings (SSSR count). The highest BCUT2D eigenvalue weighted by molar-refractivity contribution is 5.93. The van der Waals surface area contributed by atoms with Crippen molar-refractivity contribution in [1.29, 1.82) is 0 Å². The van der Waals surface area contributed by atoms with Crippen molar-refractivity contribution in [2.45, 2.75) is 13.3 Å². The molecular formula is C11H9F3O4. The predicted octanol–water partition coefficient (Wildman–Crippen LogP) is 2.61. The minimum Gasteiger partial charge on any atom is -0.493 e. The highest BCUT2D eigenvalue weighted by Crippen LogP contribution is 2.30. The minimum atomic E-state index is -4.88. The van der Waals surface area contributed by atoms with Crippen LogP contribution >= 0.6 is 0 Å². The van der Waals surface area contributed by atoms with Gasteiger partial charge in [-0.1, -0.05) is 0 Å². The van der Waals surface area contributed by atoms with E-state index < -0.39 is 12.1 Å². The lowest BCUT2D eigenvalue weighted by molar-refractivity contribution is -0.274. The van der Waals surface area contributed by atoms with E-state index in [4.69, 9.17) is 4.74 Å². The average molecular weight is 262 g/mol. The lowest BCUT2D eigenvalue weighted by Gasteiger charge is -2.13. The number of hydrogen-bond acceptors (Lipinski definition) is 4. The van der Waals surface area contributed by atoms with Gasteiger partial charge in [0.1, 0.15) is 11.5 Å². The Balaban J connectivity index is 3.26. The first-order valence-electron chi connectivity index (χ1n) is 4.88. The predicted molar refractivity (Wildman–Crippen MR) is 55.1 cm³/mol. The fraction of sp³-hybridized carbons (Fsp3) is 0.273. The molecule has 4 nitrogen and oxygen atoms in total. The summed E-state index contributed by atoms with van der Waals surface area (Å²) in [6, 6.07) is 1.74. The average Bonchev–Trinajstić information content (AvgIpc) is 2.26. The summed E-state index contributed by atoms with van der Waals surface area (Å²) in [5.41, 5.74) is -0.337. The summed E-state index contributed by atoms with van der Waals surface area (Å²) in [5.74, 6) is -0.741. The molecule has 7 heteroatoms. The van der Waals surface area contributed by atoms with Gasteiger partial charge in [-0.15, -0.1) is 13.2 Å². The van der Waals surface area contributed by atoms with Crippen molar-refractivity contribution in [3.63, 3.8) is 0 Å². The van der Waals surface area contributed by atoms with E-state index in [1.165, 1.54) is 0 Å². The molecule has 98 valence electrons. The van der Waals surface area contributed by atoms with Gasteiger partial charge in [0.15, 0.2) is 12.6 Å². The zero-order valence-electron chi connectivity index (χ0n) is 9.28. The fourth-order valence-corrected chi connectivity index (χ4v) is 1.31. The molecule has 1 aromatic carbocycles. The van der Waals surface area contributed by atoms with Gasteiger partial charge in [-0.3, -0.25) is 9.59 Å².